The number of Topliss-reactive ketones (excluding diaryl/α,β-unsaturated/α-hetero) is 1. The van der Waals surface area contributed by atoms with Gasteiger partial charge in [0, 0.05) is 24.3 Å². The van der Waals surface area contributed by atoms with Crippen molar-refractivity contribution in [2.45, 2.75) is 38.5 Å². The van der Waals surface area contributed by atoms with E-state index in [9.17, 15) is 18.0 Å². The van der Waals surface area contributed by atoms with Gasteiger partial charge in [0.05, 0.1) is 5.92 Å². The van der Waals surface area contributed by atoms with Gasteiger partial charge in [-0.3, -0.25) is 9.59 Å². The molecule has 2 aromatic carbocycles. The number of nitrogens with one attached hydrogen (secondary N) is 1. The van der Waals surface area contributed by atoms with Crippen LogP contribution in [0.4, 0.5) is 5.69 Å². The molecule has 1 saturated heterocycles. The van der Waals surface area contributed by atoms with Crippen LogP contribution in [0.1, 0.15) is 52.7 Å². The van der Waals surface area contributed by atoms with Crippen LogP contribution < -0.4 is 5.32 Å². The molecular weight excluding hydrogens is 478 g/mol. The van der Waals surface area contributed by atoms with Crippen molar-refractivity contribution < 1.29 is 22.5 Å². The molecule has 1 aromatic heterocycles. The monoisotopic (exact) mass is 507 g/mol. The Bertz CT molecular complexity index is 1410. The number of piperidine rings is 1. The first-order valence-electron chi connectivity index (χ1n) is 11.8. The summed E-state index contributed by atoms with van der Waals surface area (Å²) >= 11 is 0. The summed E-state index contributed by atoms with van der Waals surface area (Å²) in [4.78, 5) is 24.6. The van der Waals surface area contributed by atoms with Crippen LogP contribution in [0, 0.1) is 19.8 Å². The van der Waals surface area contributed by atoms with Gasteiger partial charge in [0.2, 0.25) is 15.9 Å². The molecule has 9 heteroatoms. The lowest BCUT2D eigenvalue weighted by Crippen LogP contribution is -2.43. The van der Waals surface area contributed by atoms with Gasteiger partial charge < -0.3 is 9.84 Å². The van der Waals surface area contributed by atoms with Gasteiger partial charge in [-0.1, -0.05) is 53.2 Å². The Hall–Kier alpha value is -3.56. The highest BCUT2D eigenvalue weighted by molar-refractivity contribution is 7.89. The van der Waals surface area contributed by atoms with Gasteiger partial charge in [0.15, 0.2) is 16.4 Å². The predicted molar refractivity (Wildman–Crippen MR) is 138 cm³/mol. The second-order valence-corrected chi connectivity index (χ2v) is 10.9. The van der Waals surface area contributed by atoms with Crippen LogP contribution in [0.2, 0.25) is 0 Å². The molecule has 0 spiro atoms. The first-order valence-corrected chi connectivity index (χ1v) is 13.2. The summed E-state index contributed by atoms with van der Waals surface area (Å²) in [6.45, 7) is 5.40. The maximum atomic E-state index is 13.6. The molecular formula is C27H29N3O5S. The number of carbonyl (C=O) groups excluding carboxylic acids is 2. The Balaban J connectivity index is 1.52. The SMILES string of the molecule is CC(=O)c1cccc(NC(=O)C2CCCN(S(=O)(=O)c3c(C)noc3C=Cc3ccc(C)cc3)C2)c1. The zero-order chi connectivity index (χ0) is 25.9. The molecule has 1 aliphatic heterocycles. The van der Waals surface area contributed by atoms with Crippen LogP contribution in [-0.4, -0.2) is 42.7 Å². The van der Waals surface area contributed by atoms with E-state index in [1.807, 2.05) is 31.2 Å². The van der Waals surface area contributed by atoms with Crippen molar-refractivity contribution >= 4 is 39.6 Å². The van der Waals surface area contributed by atoms with Crippen molar-refractivity contribution in [2.75, 3.05) is 18.4 Å². The van der Waals surface area contributed by atoms with Gasteiger partial charge in [0.1, 0.15) is 5.69 Å². The summed E-state index contributed by atoms with van der Waals surface area (Å²) < 4.78 is 33.9. The average Bonchev–Trinajstić information content (AvgIpc) is 3.25. The van der Waals surface area contributed by atoms with E-state index < -0.39 is 15.9 Å². The van der Waals surface area contributed by atoms with E-state index >= 15 is 0 Å². The topological polar surface area (TPSA) is 110 Å². The van der Waals surface area contributed by atoms with Crippen LogP contribution in [-0.2, 0) is 14.8 Å². The Morgan fingerprint density at radius 3 is 2.58 bits per heavy atom. The van der Waals surface area contributed by atoms with Crippen molar-refractivity contribution in [1.29, 1.82) is 0 Å². The molecule has 1 amide bonds. The van der Waals surface area contributed by atoms with Crippen molar-refractivity contribution in [3.8, 4) is 0 Å². The Kier molecular flexibility index (Phi) is 7.51. The predicted octanol–water partition coefficient (Wildman–Crippen LogP) is 4.70. The second-order valence-electron chi connectivity index (χ2n) is 9.03. The lowest BCUT2D eigenvalue weighted by atomic mass is 9.98. The molecule has 0 bridgehead atoms. The van der Waals surface area contributed by atoms with Crippen molar-refractivity contribution in [2.24, 2.45) is 5.92 Å². The van der Waals surface area contributed by atoms with Gasteiger partial charge in [-0.15, -0.1) is 0 Å². The second kappa shape index (κ2) is 10.6. The minimum atomic E-state index is -3.95. The Morgan fingerprint density at radius 1 is 1.11 bits per heavy atom. The van der Waals surface area contributed by atoms with Crippen LogP contribution in [0.3, 0.4) is 0 Å². The largest absolute Gasteiger partial charge is 0.355 e. The maximum Gasteiger partial charge on any atom is 0.248 e. The Morgan fingerprint density at radius 2 is 1.86 bits per heavy atom. The van der Waals surface area contributed by atoms with Gasteiger partial charge in [-0.25, -0.2) is 8.42 Å². The minimum absolute atomic E-state index is 0.0149. The summed E-state index contributed by atoms with van der Waals surface area (Å²) in [6, 6.07) is 14.5. The van der Waals surface area contributed by atoms with Crippen LogP contribution in [0.25, 0.3) is 12.2 Å². The van der Waals surface area contributed by atoms with E-state index in [1.165, 1.54) is 11.2 Å². The number of anilines is 1. The van der Waals surface area contributed by atoms with E-state index in [-0.39, 0.29) is 34.6 Å². The average molecular weight is 508 g/mol. The van der Waals surface area contributed by atoms with Gasteiger partial charge >= 0.3 is 0 Å². The van der Waals surface area contributed by atoms with E-state index in [4.69, 9.17) is 4.52 Å². The third kappa shape index (κ3) is 5.63. The zero-order valence-electron chi connectivity index (χ0n) is 20.5. The Labute approximate surface area is 211 Å². The molecule has 8 nitrogen and oxygen atoms in total. The molecule has 4 rings (SSSR count). The number of aryl methyl sites for hydroxylation is 2. The molecule has 1 aliphatic rings. The van der Waals surface area contributed by atoms with Gasteiger partial charge in [-0.2, -0.15) is 4.31 Å². The minimum Gasteiger partial charge on any atom is -0.355 e. The third-order valence-electron chi connectivity index (χ3n) is 6.23. The fourth-order valence-electron chi connectivity index (χ4n) is 4.21. The number of aromatic nitrogens is 1. The molecule has 3 aromatic rings. The van der Waals surface area contributed by atoms with Crippen LogP contribution in [0.5, 0.6) is 0 Å². The van der Waals surface area contributed by atoms with Crippen molar-refractivity contribution in [3.05, 3.63) is 76.7 Å². The normalized spacial score (nSPS) is 16.8. The molecule has 0 radical (unpaired) electrons. The fraction of sp³-hybridized carbons (Fsp3) is 0.296. The first kappa shape index (κ1) is 25.5. The lowest BCUT2D eigenvalue weighted by molar-refractivity contribution is -0.120. The quantitative estimate of drug-likeness (QED) is 0.464. The third-order valence-corrected chi connectivity index (χ3v) is 8.25. The van der Waals surface area contributed by atoms with Gasteiger partial charge in [-0.05, 0) is 57.4 Å². The number of nitrogens with zero attached hydrogens (tertiary/aromatic N) is 2. The maximum absolute atomic E-state index is 13.6. The number of hydrogen-bond donors (Lipinski definition) is 1. The van der Waals surface area contributed by atoms with Crippen LogP contribution >= 0.6 is 0 Å². The summed E-state index contributed by atoms with van der Waals surface area (Å²) in [7, 11) is -3.95. The molecule has 188 valence electrons. The number of carbonyl (C=O) groups is 2. The number of rotatable bonds is 7. The number of ketones is 1. The number of sulfonamides is 1. The van der Waals surface area contributed by atoms with Crippen LogP contribution in [0.15, 0.2) is 57.9 Å². The molecule has 1 N–H and O–H groups in total. The van der Waals surface area contributed by atoms with Gasteiger partial charge in [0.25, 0.3) is 0 Å². The molecule has 0 saturated carbocycles. The van der Waals surface area contributed by atoms with E-state index in [2.05, 4.69) is 10.5 Å². The standard InChI is InChI=1S/C27H29N3O5S/c1-18-9-11-21(12-10-18)13-14-25-26(19(2)29-35-25)36(33,34)30-15-5-7-23(17-30)27(32)28-24-8-4-6-22(16-24)20(3)31/h4,6,8-14,16,23H,5,7,15,17H2,1-3H3,(H,28,32). The number of benzene rings is 2. The highest BCUT2D eigenvalue weighted by Crippen LogP contribution is 2.30. The molecule has 0 aliphatic carbocycles. The molecule has 2 heterocycles. The number of amides is 1. The van der Waals surface area contributed by atoms with E-state index in [0.29, 0.717) is 30.6 Å². The number of hydrogen-bond acceptors (Lipinski definition) is 6. The van der Waals surface area contributed by atoms with Crippen molar-refractivity contribution in [3.63, 3.8) is 0 Å². The molecule has 36 heavy (non-hydrogen) atoms. The van der Waals surface area contributed by atoms with Crippen molar-refractivity contribution in [1.82, 2.24) is 9.46 Å². The molecule has 1 unspecified atom stereocenters. The fourth-order valence-corrected chi connectivity index (χ4v) is 5.99. The molecule has 1 fully saturated rings. The highest BCUT2D eigenvalue weighted by atomic mass is 32.2. The smallest absolute Gasteiger partial charge is 0.248 e. The van der Waals surface area contributed by atoms with E-state index in [1.54, 1.807) is 43.3 Å². The summed E-state index contributed by atoms with van der Waals surface area (Å²) in [6.07, 6.45) is 4.49. The zero-order valence-corrected chi connectivity index (χ0v) is 21.3. The lowest BCUT2D eigenvalue weighted by Gasteiger charge is -2.31. The first-order chi connectivity index (χ1) is 17.1. The molecule has 1 atom stereocenters. The summed E-state index contributed by atoms with van der Waals surface area (Å²) in [5.41, 5.74) is 3.30. The highest BCUT2D eigenvalue weighted by Gasteiger charge is 2.37. The summed E-state index contributed by atoms with van der Waals surface area (Å²) in [5, 5.41) is 6.72. The van der Waals surface area contributed by atoms with E-state index in [0.717, 1.165) is 11.1 Å². The summed E-state index contributed by atoms with van der Waals surface area (Å²) in [5.74, 6) is -0.753.